The molecule has 3 nitrogen and oxygen atoms in total. The van der Waals surface area contributed by atoms with Gasteiger partial charge in [-0.15, -0.1) is 0 Å². The maximum atomic E-state index is 5.73. The van der Waals surface area contributed by atoms with Gasteiger partial charge in [-0.3, -0.25) is 0 Å². The predicted octanol–water partition coefficient (Wildman–Crippen LogP) is 2.67. The fourth-order valence-electron chi connectivity index (χ4n) is 2.88. The molecule has 1 fully saturated rings. The van der Waals surface area contributed by atoms with Gasteiger partial charge in [0.25, 0.3) is 0 Å². The van der Waals surface area contributed by atoms with Crippen LogP contribution in [0.4, 0.5) is 0 Å². The summed E-state index contributed by atoms with van der Waals surface area (Å²) in [5.41, 5.74) is 2.71. The Hall–Kier alpha value is -1.06. The quantitative estimate of drug-likeness (QED) is 0.827. The number of hydrogen-bond donors (Lipinski definition) is 1. The van der Waals surface area contributed by atoms with Gasteiger partial charge in [0, 0.05) is 19.6 Å². The normalized spacial score (nSPS) is 22.0. The van der Waals surface area contributed by atoms with E-state index in [2.05, 4.69) is 23.5 Å². The molecule has 1 aromatic carbocycles. The molecule has 0 aromatic heterocycles. The van der Waals surface area contributed by atoms with Crippen molar-refractivity contribution in [1.29, 1.82) is 0 Å². The van der Waals surface area contributed by atoms with Crippen molar-refractivity contribution < 1.29 is 9.47 Å². The lowest BCUT2D eigenvalue weighted by Gasteiger charge is -2.22. The molecule has 1 N–H and O–H groups in total. The summed E-state index contributed by atoms with van der Waals surface area (Å²) in [7, 11) is 0. The first-order valence-electron chi connectivity index (χ1n) is 7.49. The molecule has 2 aliphatic heterocycles. The molecule has 1 atom stereocenters. The van der Waals surface area contributed by atoms with Crippen LogP contribution < -0.4 is 10.1 Å². The Morgan fingerprint density at radius 3 is 3.11 bits per heavy atom. The number of rotatable bonds is 5. The third-order valence-corrected chi connectivity index (χ3v) is 4.00. The summed E-state index contributed by atoms with van der Waals surface area (Å²) >= 11 is 0. The summed E-state index contributed by atoms with van der Waals surface area (Å²) in [5, 5.41) is 3.52. The summed E-state index contributed by atoms with van der Waals surface area (Å²) in [5.74, 6) is 1.07. The fraction of sp³-hybridized carbons (Fsp3) is 0.625. The highest BCUT2D eigenvalue weighted by Gasteiger charge is 2.13. The number of nitrogens with one attached hydrogen (secondary N) is 1. The maximum Gasteiger partial charge on any atom is 0.122 e. The van der Waals surface area contributed by atoms with E-state index in [9.17, 15) is 0 Å². The van der Waals surface area contributed by atoms with E-state index in [0.717, 1.165) is 44.9 Å². The van der Waals surface area contributed by atoms with Gasteiger partial charge in [-0.1, -0.05) is 12.1 Å². The minimum Gasteiger partial charge on any atom is -0.493 e. The van der Waals surface area contributed by atoms with Crippen LogP contribution in [-0.4, -0.2) is 25.9 Å². The van der Waals surface area contributed by atoms with Gasteiger partial charge in [0.15, 0.2) is 0 Å². The first-order chi connectivity index (χ1) is 9.42. The monoisotopic (exact) mass is 261 g/mol. The third kappa shape index (κ3) is 3.48. The van der Waals surface area contributed by atoms with Gasteiger partial charge in [-0.05, 0) is 49.4 Å². The van der Waals surface area contributed by atoms with Gasteiger partial charge in [-0.25, -0.2) is 0 Å². The molecule has 1 aromatic rings. The van der Waals surface area contributed by atoms with Crippen molar-refractivity contribution in [2.24, 2.45) is 0 Å². The highest BCUT2D eigenvalue weighted by atomic mass is 16.5. The number of benzene rings is 1. The smallest absolute Gasteiger partial charge is 0.122 e. The van der Waals surface area contributed by atoms with Crippen LogP contribution in [0.2, 0.25) is 0 Å². The maximum absolute atomic E-state index is 5.73. The van der Waals surface area contributed by atoms with Crippen molar-refractivity contribution in [3.63, 3.8) is 0 Å². The SMILES string of the molecule is c1cc2c(cc1CNCCC1CCCCO1)CCO2. The van der Waals surface area contributed by atoms with Gasteiger partial charge in [0.1, 0.15) is 5.75 Å². The summed E-state index contributed by atoms with van der Waals surface area (Å²) in [6, 6.07) is 6.53. The Morgan fingerprint density at radius 2 is 2.21 bits per heavy atom. The van der Waals surface area contributed by atoms with Crippen LogP contribution in [0, 0.1) is 0 Å². The Balaban J connectivity index is 1.40. The van der Waals surface area contributed by atoms with Crippen molar-refractivity contribution in [2.75, 3.05) is 19.8 Å². The molecule has 1 unspecified atom stereocenters. The lowest BCUT2D eigenvalue weighted by molar-refractivity contribution is 0.0115. The van der Waals surface area contributed by atoms with Gasteiger partial charge in [0.2, 0.25) is 0 Å². The van der Waals surface area contributed by atoms with Crippen LogP contribution in [0.5, 0.6) is 5.75 Å². The van der Waals surface area contributed by atoms with E-state index in [-0.39, 0.29) is 0 Å². The zero-order chi connectivity index (χ0) is 12.9. The van der Waals surface area contributed by atoms with Gasteiger partial charge in [-0.2, -0.15) is 0 Å². The zero-order valence-electron chi connectivity index (χ0n) is 11.5. The van der Waals surface area contributed by atoms with Gasteiger partial charge in [0.05, 0.1) is 12.7 Å². The summed E-state index contributed by atoms with van der Waals surface area (Å²) in [6.07, 6.45) is 6.47. The third-order valence-electron chi connectivity index (χ3n) is 4.00. The lowest BCUT2D eigenvalue weighted by Crippen LogP contribution is -2.25. The van der Waals surface area contributed by atoms with E-state index >= 15 is 0 Å². The Kier molecular flexibility index (Phi) is 4.36. The average Bonchev–Trinajstić information content (AvgIpc) is 2.92. The highest BCUT2D eigenvalue weighted by Crippen LogP contribution is 2.25. The number of hydrogen-bond acceptors (Lipinski definition) is 3. The van der Waals surface area contributed by atoms with Crippen molar-refractivity contribution in [3.05, 3.63) is 29.3 Å². The molecule has 3 rings (SSSR count). The van der Waals surface area contributed by atoms with Crippen molar-refractivity contribution in [1.82, 2.24) is 5.32 Å². The van der Waals surface area contributed by atoms with Gasteiger partial charge < -0.3 is 14.8 Å². The molecule has 0 amide bonds. The largest absolute Gasteiger partial charge is 0.493 e. The first-order valence-corrected chi connectivity index (χ1v) is 7.49. The molecule has 2 heterocycles. The first kappa shape index (κ1) is 12.9. The molecular weight excluding hydrogens is 238 g/mol. The standard InChI is InChI=1S/C16H23NO2/c1-2-9-18-15(3-1)6-8-17-12-13-4-5-16-14(11-13)7-10-19-16/h4-5,11,15,17H,1-3,6-10,12H2. The van der Waals surface area contributed by atoms with E-state index in [1.165, 1.54) is 30.4 Å². The number of fused-ring (bicyclic) bond motifs is 1. The molecule has 3 heteroatoms. The van der Waals surface area contributed by atoms with Crippen LogP contribution in [-0.2, 0) is 17.7 Å². The Labute approximate surface area is 115 Å². The minimum absolute atomic E-state index is 0.481. The van der Waals surface area contributed by atoms with Crippen LogP contribution in [0.3, 0.4) is 0 Å². The fourth-order valence-corrected chi connectivity index (χ4v) is 2.88. The van der Waals surface area contributed by atoms with Crippen molar-refractivity contribution in [3.8, 4) is 5.75 Å². The van der Waals surface area contributed by atoms with Crippen molar-refractivity contribution >= 4 is 0 Å². The molecule has 19 heavy (non-hydrogen) atoms. The molecular formula is C16H23NO2. The molecule has 0 saturated carbocycles. The van der Waals surface area contributed by atoms with Crippen LogP contribution in [0.1, 0.15) is 36.8 Å². The van der Waals surface area contributed by atoms with Crippen molar-refractivity contribution in [2.45, 2.75) is 44.8 Å². The highest BCUT2D eigenvalue weighted by molar-refractivity contribution is 5.39. The Bertz CT molecular complexity index is 413. The number of ether oxygens (including phenoxy) is 2. The van der Waals surface area contributed by atoms with Gasteiger partial charge >= 0.3 is 0 Å². The van der Waals surface area contributed by atoms with Crippen LogP contribution in [0.25, 0.3) is 0 Å². The summed E-state index contributed by atoms with van der Waals surface area (Å²) in [6.45, 7) is 3.78. The van der Waals surface area contributed by atoms with Crippen LogP contribution >= 0.6 is 0 Å². The van der Waals surface area contributed by atoms with E-state index in [1.807, 2.05) is 0 Å². The lowest BCUT2D eigenvalue weighted by atomic mass is 10.1. The molecule has 1 saturated heterocycles. The molecule has 104 valence electrons. The average molecular weight is 261 g/mol. The molecule has 0 aliphatic carbocycles. The van der Waals surface area contributed by atoms with E-state index in [1.54, 1.807) is 0 Å². The van der Waals surface area contributed by atoms with Crippen LogP contribution in [0.15, 0.2) is 18.2 Å². The summed E-state index contributed by atoms with van der Waals surface area (Å²) < 4.78 is 11.3. The minimum atomic E-state index is 0.481. The van der Waals surface area contributed by atoms with E-state index in [0.29, 0.717) is 6.10 Å². The summed E-state index contributed by atoms with van der Waals surface area (Å²) in [4.78, 5) is 0. The topological polar surface area (TPSA) is 30.5 Å². The second-order valence-corrected chi connectivity index (χ2v) is 5.49. The van der Waals surface area contributed by atoms with E-state index < -0.39 is 0 Å². The second-order valence-electron chi connectivity index (χ2n) is 5.49. The molecule has 0 spiro atoms. The second kappa shape index (κ2) is 6.40. The Morgan fingerprint density at radius 1 is 1.21 bits per heavy atom. The zero-order valence-corrected chi connectivity index (χ0v) is 11.5. The molecule has 0 bridgehead atoms. The van der Waals surface area contributed by atoms with E-state index in [4.69, 9.17) is 9.47 Å². The molecule has 0 radical (unpaired) electrons. The predicted molar refractivity (Wildman–Crippen MR) is 75.6 cm³/mol. The molecule has 2 aliphatic rings.